The summed E-state index contributed by atoms with van der Waals surface area (Å²) in [6.07, 6.45) is 3.44. The summed E-state index contributed by atoms with van der Waals surface area (Å²) in [6, 6.07) is 13.7. The molecule has 1 aliphatic heterocycles. The molecule has 6 nitrogen and oxygen atoms in total. The van der Waals surface area contributed by atoms with Gasteiger partial charge in [0.1, 0.15) is 5.70 Å². The van der Waals surface area contributed by atoms with E-state index in [0.29, 0.717) is 23.9 Å². The molecule has 0 unspecified atom stereocenters. The molecule has 27 heavy (non-hydrogen) atoms. The molecule has 3 aromatic rings. The second kappa shape index (κ2) is 6.99. The predicted molar refractivity (Wildman–Crippen MR) is 106 cm³/mol. The van der Waals surface area contributed by atoms with Crippen LogP contribution in [0.4, 0.5) is 0 Å². The minimum atomic E-state index is -0.220. The molecular weight excluding hydrogens is 338 g/mol. The van der Waals surface area contributed by atoms with Gasteiger partial charge in [-0.05, 0) is 55.3 Å². The number of aliphatic imine (C=N–C) groups is 1. The number of guanidine groups is 1. The number of hydrogen-bond donors (Lipinski definition) is 2. The van der Waals surface area contributed by atoms with Crippen molar-refractivity contribution >= 4 is 29.0 Å². The average molecular weight is 357 g/mol. The molecule has 0 bridgehead atoms. The van der Waals surface area contributed by atoms with Gasteiger partial charge in [-0.25, -0.2) is 9.98 Å². The minimum Gasteiger partial charge on any atom is -0.321 e. The van der Waals surface area contributed by atoms with Crippen molar-refractivity contribution in [2.75, 3.05) is 0 Å². The number of amides is 1. The van der Waals surface area contributed by atoms with Crippen molar-refractivity contribution in [1.29, 1.82) is 0 Å². The maximum absolute atomic E-state index is 12.2. The topological polar surface area (TPSA) is 79.3 Å². The van der Waals surface area contributed by atoms with Gasteiger partial charge in [0.2, 0.25) is 5.96 Å². The van der Waals surface area contributed by atoms with E-state index in [0.717, 1.165) is 16.6 Å². The van der Waals surface area contributed by atoms with Crippen molar-refractivity contribution in [3.63, 3.8) is 0 Å². The van der Waals surface area contributed by atoms with Gasteiger partial charge >= 0.3 is 0 Å². The first-order valence-electron chi connectivity index (χ1n) is 8.71. The number of carbonyl (C=O) groups is 1. The Morgan fingerprint density at radius 2 is 1.96 bits per heavy atom. The van der Waals surface area contributed by atoms with E-state index >= 15 is 0 Å². The lowest BCUT2D eigenvalue weighted by molar-refractivity contribution is -0.115. The Labute approximate surface area is 157 Å². The van der Waals surface area contributed by atoms with Crippen molar-refractivity contribution < 1.29 is 4.79 Å². The van der Waals surface area contributed by atoms with Crippen molar-refractivity contribution in [3.05, 3.63) is 76.7 Å². The number of fused-ring (bicyclic) bond motifs is 1. The number of aromatic nitrogens is 2. The minimum absolute atomic E-state index is 0.220. The van der Waals surface area contributed by atoms with Crippen LogP contribution in [0.1, 0.15) is 22.4 Å². The molecule has 0 radical (unpaired) electrons. The molecule has 2 N–H and O–H groups in total. The summed E-state index contributed by atoms with van der Waals surface area (Å²) in [4.78, 5) is 25.5. The summed E-state index contributed by atoms with van der Waals surface area (Å²) in [5.74, 6) is 0.233. The van der Waals surface area contributed by atoms with Crippen LogP contribution >= 0.6 is 0 Å². The van der Waals surface area contributed by atoms with Gasteiger partial charge in [-0.1, -0.05) is 23.8 Å². The zero-order chi connectivity index (χ0) is 18.8. The second-order valence-corrected chi connectivity index (χ2v) is 6.51. The fourth-order valence-corrected chi connectivity index (χ4v) is 2.96. The van der Waals surface area contributed by atoms with Crippen molar-refractivity contribution in [2.24, 2.45) is 4.99 Å². The predicted octanol–water partition coefficient (Wildman–Crippen LogP) is 2.86. The summed E-state index contributed by atoms with van der Waals surface area (Å²) < 4.78 is 0. The van der Waals surface area contributed by atoms with E-state index in [1.165, 1.54) is 11.1 Å². The number of nitrogens with zero attached hydrogens (tertiary/aromatic N) is 3. The van der Waals surface area contributed by atoms with Crippen LogP contribution in [0.25, 0.3) is 17.1 Å². The Bertz CT molecular complexity index is 1100. The van der Waals surface area contributed by atoms with Crippen LogP contribution in [-0.4, -0.2) is 21.8 Å². The van der Waals surface area contributed by atoms with Gasteiger partial charge in [-0.3, -0.25) is 15.1 Å². The standard InChI is InChI=1S/C21H19N5O/c1-13-5-6-15(14(2)10-13)12-23-21-25-19(20(27)26-21)11-16-7-8-17-18(24-16)4-3-9-22-17/h3-11H,12H2,1-2H3,(H2,23,25,26,27)/b19-11+. The van der Waals surface area contributed by atoms with Crippen LogP contribution in [0.3, 0.4) is 0 Å². The van der Waals surface area contributed by atoms with Crippen molar-refractivity contribution in [2.45, 2.75) is 20.4 Å². The number of aryl methyl sites for hydroxylation is 2. The molecule has 0 atom stereocenters. The highest BCUT2D eigenvalue weighted by Gasteiger charge is 2.21. The third-order valence-electron chi connectivity index (χ3n) is 4.41. The third-order valence-corrected chi connectivity index (χ3v) is 4.41. The summed E-state index contributed by atoms with van der Waals surface area (Å²) in [5, 5.41) is 5.79. The first-order valence-corrected chi connectivity index (χ1v) is 8.71. The quantitative estimate of drug-likeness (QED) is 0.707. The van der Waals surface area contributed by atoms with E-state index in [2.05, 4.69) is 57.6 Å². The Morgan fingerprint density at radius 3 is 2.81 bits per heavy atom. The van der Waals surface area contributed by atoms with Crippen LogP contribution in [0.2, 0.25) is 0 Å². The Kier molecular flexibility index (Phi) is 4.38. The number of rotatable bonds is 3. The number of nitrogens with one attached hydrogen (secondary N) is 2. The molecule has 3 heterocycles. The van der Waals surface area contributed by atoms with Gasteiger partial charge in [-0.2, -0.15) is 0 Å². The van der Waals surface area contributed by atoms with Crippen LogP contribution in [0, 0.1) is 13.8 Å². The number of carbonyl (C=O) groups excluding carboxylic acids is 1. The van der Waals surface area contributed by atoms with Crippen LogP contribution in [0.15, 0.2) is 59.4 Å². The Morgan fingerprint density at radius 1 is 1.07 bits per heavy atom. The van der Waals surface area contributed by atoms with Crippen LogP contribution in [-0.2, 0) is 11.3 Å². The summed E-state index contributed by atoms with van der Waals surface area (Å²) >= 11 is 0. The summed E-state index contributed by atoms with van der Waals surface area (Å²) in [6.45, 7) is 4.63. The Hall–Kier alpha value is -3.54. The van der Waals surface area contributed by atoms with E-state index < -0.39 is 0 Å². The van der Waals surface area contributed by atoms with Gasteiger partial charge in [-0.15, -0.1) is 0 Å². The second-order valence-electron chi connectivity index (χ2n) is 6.51. The average Bonchev–Trinajstić information content (AvgIpc) is 3.00. The van der Waals surface area contributed by atoms with E-state index in [-0.39, 0.29) is 5.91 Å². The van der Waals surface area contributed by atoms with Crippen molar-refractivity contribution in [3.8, 4) is 0 Å². The highest BCUT2D eigenvalue weighted by Crippen LogP contribution is 2.14. The molecule has 2 aromatic heterocycles. The molecule has 1 aliphatic rings. The molecule has 0 spiro atoms. The van der Waals surface area contributed by atoms with E-state index in [4.69, 9.17) is 0 Å². The maximum atomic E-state index is 12.2. The lowest BCUT2D eigenvalue weighted by atomic mass is 10.1. The van der Waals surface area contributed by atoms with E-state index in [9.17, 15) is 4.79 Å². The maximum Gasteiger partial charge on any atom is 0.274 e. The van der Waals surface area contributed by atoms with Crippen LogP contribution in [0.5, 0.6) is 0 Å². The fraction of sp³-hybridized carbons (Fsp3) is 0.143. The van der Waals surface area contributed by atoms with E-state index in [1.807, 2.05) is 24.3 Å². The largest absolute Gasteiger partial charge is 0.321 e. The number of pyridine rings is 2. The fourth-order valence-electron chi connectivity index (χ4n) is 2.96. The molecule has 1 saturated heterocycles. The van der Waals surface area contributed by atoms with Gasteiger partial charge in [0.15, 0.2) is 0 Å². The smallest absolute Gasteiger partial charge is 0.274 e. The molecule has 1 amide bonds. The Balaban J connectivity index is 1.53. The molecule has 0 saturated carbocycles. The molecule has 4 rings (SSSR count). The number of hydrogen-bond acceptors (Lipinski definition) is 4. The highest BCUT2D eigenvalue weighted by molar-refractivity contribution is 6.15. The summed E-state index contributed by atoms with van der Waals surface area (Å²) in [5.41, 5.74) is 6.25. The van der Waals surface area contributed by atoms with Gasteiger partial charge in [0.05, 0.1) is 23.3 Å². The molecule has 134 valence electrons. The lowest BCUT2D eigenvalue weighted by Gasteiger charge is -2.04. The molecular formula is C21H19N5O. The normalized spacial score (nSPS) is 16.7. The molecule has 0 aliphatic carbocycles. The first kappa shape index (κ1) is 16.9. The van der Waals surface area contributed by atoms with Crippen molar-refractivity contribution in [1.82, 2.24) is 20.6 Å². The molecule has 1 fully saturated rings. The number of benzene rings is 1. The monoisotopic (exact) mass is 357 g/mol. The zero-order valence-electron chi connectivity index (χ0n) is 15.2. The SMILES string of the molecule is Cc1ccc(CN=C2NC(=O)/C(=C\c3ccc4ncccc4n3)N2)c(C)c1. The molecule has 6 heteroatoms. The highest BCUT2D eigenvalue weighted by atomic mass is 16.2. The summed E-state index contributed by atoms with van der Waals surface area (Å²) in [7, 11) is 0. The zero-order valence-corrected chi connectivity index (χ0v) is 15.2. The first-order chi connectivity index (χ1) is 13.1. The third kappa shape index (κ3) is 3.69. The van der Waals surface area contributed by atoms with Crippen LogP contribution < -0.4 is 10.6 Å². The van der Waals surface area contributed by atoms with E-state index in [1.54, 1.807) is 12.3 Å². The van der Waals surface area contributed by atoms with Gasteiger partial charge in [0.25, 0.3) is 5.91 Å². The van der Waals surface area contributed by atoms with Gasteiger partial charge in [0, 0.05) is 6.20 Å². The van der Waals surface area contributed by atoms with Gasteiger partial charge < -0.3 is 5.32 Å². The lowest BCUT2D eigenvalue weighted by Crippen LogP contribution is -2.25. The molecule has 1 aromatic carbocycles.